The highest BCUT2D eigenvalue weighted by molar-refractivity contribution is 8.00. The molecule has 2 aromatic carbocycles. The number of hydrogen-bond acceptors (Lipinski definition) is 12. The zero-order chi connectivity index (χ0) is 36.6. The number of amides is 2. The van der Waals surface area contributed by atoms with Crippen LogP contribution in [-0.2, 0) is 36.2 Å². The van der Waals surface area contributed by atoms with Crippen LogP contribution in [-0.4, -0.2) is 77.4 Å². The van der Waals surface area contributed by atoms with Crippen LogP contribution in [0.3, 0.4) is 0 Å². The quantitative estimate of drug-likeness (QED) is 0.0428. The first-order valence-corrected chi connectivity index (χ1v) is 16.6. The Hall–Kier alpha value is -6.08. The van der Waals surface area contributed by atoms with E-state index in [2.05, 4.69) is 15.5 Å². The van der Waals surface area contributed by atoms with Gasteiger partial charge >= 0.3 is 17.5 Å². The van der Waals surface area contributed by atoms with Crippen LogP contribution in [0, 0.1) is 11.6 Å². The fourth-order valence-electron chi connectivity index (χ4n) is 5.61. The molecule has 15 nitrogen and oxygen atoms in total. The van der Waals surface area contributed by atoms with Crippen molar-refractivity contribution in [1.29, 1.82) is 0 Å². The number of nitrogens with two attached hydrogens (primary N) is 1. The van der Waals surface area contributed by atoms with E-state index in [9.17, 15) is 44.0 Å². The van der Waals surface area contributed by atoms with Gasteiger partial charge in [-0.05, 0) is 29.8 Å². The summed E-state index contributed by atoms with van der Waals surface area (Å²) >= 11 is 1.90. The Morgan fingerprint density at radius 3 is 2.63 bits per heavy atom. The zero-order valence-electron chi connectivity index (χ0n) is 25.8. The minimum absolute atomic E-state index is 0.190. The number of thioether (sulfide) groups is 1. The number of carboxylic acid groups (broad SMARTS) is 2. The average molecular weight is 740 g/mol. The molecule has 6 rings (SSSR count). The van der Waals surface area contributed by atoms with Gasteiger partial charge in [-0.15, -0.1) is 23.1 Å². The second kappa shape index (κ2) is 13.7. The summed E-state index contributed by atoms with van der Waals surface area (Å²) in [6.07, 6.45) is 5.72. The van der Waals surface area contributed by atoms with Crippen LogP contribution in [0.1, 0.15) is 11.3 Å². The number of aromatic hydroxyl groups is 2. The number of oxime groups is 1. The van der Waals surface area contributed by atoms with Gasteiger partial charge in [0, 0.05) is 28.7 Å². The van der Waals surface area contributed by atoms with Crippen molar-refractivity contribution in [2.24, 2.45) is 5.16 Å². The van der Waals surface area contributed by atoms with Crippen molar-refractivity contribution < 1.29 is 57.8 Å². The summed E-state index contributed by atoms with van der Waals surface area (Å²) in [6.45, 7) is 0.425. The number of carbonyl (C=O) groups is 4. The van der Waals surface area contributed by atoms with Crippen LogP contribution in [0.15, 0.2) is 82.6 Å². The Kier molecular flexibility index (Phi) is 9.32. The van der Waals surface area contributed by atoms with Crippen LogP contribution in [0.5, 0.6) is 11.5 Å². The molecule has 19 heteroatoms. The molecule has 0 saturated carbocycles. The van der Waals surface area contributed by atoms with Gasteiger partial charge in [0.15, 0.2) is 35.2 Å². The van der Waals surface area contributed by atoms with Gasteiger partial charge < -0.3 is 36.3 Å². The van der Waals surface area contributed by atoms with Crippen LogP contribution in [0.4, 0.5) is 13.9 Å². The van der Waals surface area contributed by atoms with Crippen molar-refractivity contribution in [1.82, 2.24) is 15.2 Å². The summed E-state index contributed by atoms with van der Waals surface area (Å²) in [4.78, 5) is 60.7. The molecule has 1 fully saturated rings. The molecule has 0 radical (unpaired) electrons. The SMILES string of the molecule is Nc1nc(C(ON=CC(=O)NC2C(=O)N3C(C(=O)O)=C(C=CC[n+]4cccc5ccccc54)CSC23)(C(=O)O)c2cc(O)c(O)c(F)c2F)cs1. The molecule has 4 heterocycles. The van der Waals surface area contributed by atoms with Gasteiger partial charge in [-0.1, -0.05) is 23.4 Å². The highest BCUT2D eigenvalue weighted by Crippen LogP contribution is 2.43. The molecule has 4 aromatic rings. The molecule has 1 saturated heterocycles. The Morgan fingerprint density at radius 1 is 1.18 bits per heavy atom. The number of nitrogen functional groups attached to an aromatic ring is 1. The van der Waals surface area contributed by atoms with Gasteiger partial charge in [-0.3, -0.25) is 14.5 Å². The van der Waals surface area contributed by atoms with Crippen molar-refractivity contribution in [3.8, 4) is 11.5 Å². The van der Waals surface area contributed by atoms with Crippen molar-refractivity contribution in [2.45, 2.75) is 23.6 Å². The molecule has 3 unspecified atom stereocenters. The number of rotatable bonds is 11. The number of carbonyl (C=O) groups excluding carboxylic acids is 2. The molecule has 262 valence electrons. The minimum atomic E-state index is -3.12. The Labute approximate surface area is 293 Å². The van der Waals surface area contributed by atoms with Crippen LogP contribution >= 0.6 is 23.1 Å². The summed E-state index contributed by atoms with van der Waals surface area (Å²) in [5, 5.41) is 46.4. The first-order chi connectivity index (χ1) is 24.3. The van der Waals surface area contributed by atoms with Crippen molar-refractivity contribution >= 4 is 69.1 Å². The molecule has 2 amide bonds. The normalized spacial score (nSPS) is 18.5. The number of halogens is 2. The summed E-state index contributed by atoms with van der Waals surface area (Å²) in [6, 6.07) is 10.8. The molecule has 2 aromatic heterocycles. The number of pyridine rings is 1. The smallest absolute Gasteiger partial charge is 0.362 e. The highest BCUT2D eigenvalue weighted by Gasteiger charge is 2.54. The fourth-order valence-corrected chi connectivity index (χ4v) is 7.53. The number of allylic oxidation sites excluding steroid dienone is 2. The van der Waals surface area contributed by atoms with E-state index in [-0.39, 0.29) is 16.6 Å². The number of nitrogens with one attached hydrogen (secondary N) is 1. The lowest BCUT2D eigenvalue weighted by Crippen LogP contribution is -2.70. The second-order valence-electron chi connectivity index (χ2n) is 11.0. The summed E-state index contributed by atoms with van der Waals surface area (Å²) in [5.41, 5.74) is 1.81. The molecule has 3 atom stereocenters. The van der Waals surface area contributed by atoms with Crippen LogP contribution in [0.25, 0.3) is 10.9 Å². The Bertz CT molecular complexity index is 2210. The van der Waals surface area contributed by atoms with Gasteiger partial charge in [-0.25, -0.2) is 19.0 Å². The first-order valence-electron chi connectivity index (χ1n) is 14.7. The number of nitrogens with zero attached hydrogens (tertiary/aromatic N) is 4. The van der Waals surface area contributed by atoms with E-state index >= 15 is 4.39 Å². The lowest BCUT2D eigenvalue weighted by atomic mass is 9.89. The monoisotopic (exact) mass is 739 g/mol. The fraction of sp³-hybridized carbons (Fsp3) is 0.156. The Balaban J connectivity index is 1.19. The highest BCUT2D eigenvalue weighted by atomic mass is 32.2. The van der Waals surface area contributed by atoms with Crippen LogP contribution < -0.4 is 15.6 Å². The lowest BCUT2D eigenvalue weighted by Gasteiger charge is -2.49. The first kappa shape index (κ1) is 34.8. The lowest BCUT2D eigenvalue weighted by molar-refractivity contribution is -0.661. The topological polar surface area (TPSA) is 229 Å². The van der Waals surface area contributed by atoms with E-state index in [0.29, 0.717) is 35.7 Å². The molecule has 2 aliphatic rings. The van der Waals surface area contributed by atoms with E-state index in [1.807, 2.05) is 47.2 Å². The van der Waals surface area contributed by atoms with E-state index in [4.69, 9.17) is 10.6 Å². The molecule has 0 bridgehead atoms. The number of fused-ring (bicyclic) bond motifs is 2. The maximum Gasteiger partial charge on any atom is 0.362 e. The molecule has 7 N–H and O–H groups in total. The van der Waals surface area contributed by atoms with E-state index in [1.165, 1.54) is 11.8 Å². The number of aliphatic carboxylic acids is 2. The zero-order valence-corrected chi connectivity index (χ0v) is 27.4. The number of hydrogen-bond donors (Lipinski definition) is 6. The molecule has 0 aliphatic carbocycles. The number of carboxylic acids is 2. The number of anilines is 1. The summed E-state index contributed by atoms with van der Waals surface area (Å²) in [5.74, 6) is -11.7. The van der Waals surface area contributed by atoms with Gasteiger partial charge in [-0.2, -0.15) is 8.96 Å². The third kappa shape index (κ3) is 6.16. The molecule has 2 aliphatic heterocycles. The number of benzene rings is 2. The minimum Gasteiger partial charge on any atom is -0.504 e. The largest absolute Gasteiger partial charge is 0.504 e. The summed E-state index contributed by atoms with van der Waals surface area (Å²) in [7, 11) is 0. The van der Waals surface area contributed by atoms with E-state index < -0.39 is 75.2 Å². The van der Waals surface area contributed by atoms with Gasteiger partial charge in [0.1, 0.15) is 29.0 Å². The van der Waals surface area contributed by atoms with E-state index in [0.717, 1.165) is 21.2 Å². The average Bonchev–Trinajstić information content (AvgIpc) is 3.55. The third-order valence-corrected chi connectivity index (χ3v) is 9.97. The number of β-lactam (4-membered cyclic amide) rings is 1. The predicted molar refractivity (Wildman–Crippen MR) is 177 cm³/mol. The van der Waals surface area contributed by atoms with Crippen molar-refractivity contribution in [2.75, 3.05) is 11.5 Å². The number of para-hydroxylation sites is 1. The third-order valence-electron chi connectivity index (χ3n) is 7.99. The Morgan fingerprint density at radius 2 is 1.92 bits per heavy atom. The number of phenols is 2. The number of aromatic nitrogens is 2. The van der Waals surface area contributed by atoms with Gasteiger partial charge in [0.25, 0.3) is 11.8 Å². The number of thiazole rings is 1. The van der Waals surface area contributed by atoms with E-state index in [1.54, 1.807) is 12.2 Å². The van der Waals surface area contributed by atoms with Crippen molar-refractivity contribution in [3.63, 3.8) is 0 Å². The predicted octanol–water partition coefficient (Wildman–Crippen LogP) is 2.18. The molecular formula is C32H25F2N6O9S2+. The van der Waals surface area contributed by atoms with Crippen LogP contribution in [0.2, 0.25) is 0 Å². The number of phenolic OH excluding ortho intramolecular Hbond substituents is 2. The second-order valence-corrected chi connectivity index (χ2v) is 13.0. The maximum absolute atomic E-state index is 15.0. The van der Waals surface area contributed by atoms with Crippen molar-refractivity contribution in [3.05, 3.63) is 100 Å². The standard InChI is InChI=1S/C32H24F2N6O9S2/c33-22-17(11-19(41)26(43)23(22)34)32(30(47)48,20-14-51-31(35)37-20)49-36-12-21(42)38-24-27(44)40-25(29(45)46)16(13-50-28(24)40)7-4-10-39-9-3-6-15-5-1-2-8-18(15)39/h1-9,11-12,14,24,28H,10,13H2,(H6-,35,36,37,38,41,42,43,45,46,47,48)/p+1. The summed E-state index contributed by atoms with van der Waals surface area (Å²) < 4.78 is 31.4. The van der Waals surface area contributed by atoms with Gasteiger partial charge in [0.2, 0.25) is 11.3 Å². The maximum atomic E-state index is 15.0. The molecule has 0 spiro atoms. The molecule has 51 heavy (non-hydrogen) atoms. The van der Waals surface area contributed by atoms with Gasteiger partial charge in [0.05, 0.1) is 5.56 Å². The molecular weight excluding hydrogens is 715 g/mol.